The fourth-order valence-electron chi connectivity index (χ4n) is 9.00. The zero-order valence-corrected chi connectivity index (χ0v) is 28.7. The largest absolute Gasteiger partial charge is 0.504 e. The number of rotatable bonds is 5. The molecule has 0 radical (unpaired) electrons. The summed E-state index contributed by atoms with van der Waals surface area (Å²) in [5.74, 6) is -5.47. The molecule has 0 unspecified atom stereocenters. The van der Waals surface area contributed by atoms with Crippen LogP contribution in [-0.4, -0.2) is 35.8 Å². The van der Waals surface area contributed by atoms with Crippen molar-refractivity contribution in [3.63, 3.8) is 0 Å². The molecule has 4 aliphatic rings. The zero-order valence-electron chi connectivity index (χ0n) is 27.2. The molecule has 3 fully saturated rings. The second-order valence-corrected chi connectivity index (χ2v) is 14.3. The molecular weight excluding hydrogens is 675 g/mol. The predicted octanol–water partition coefficient (Wildman–Crippen LogP) is 7.38. The number of fused-ring (bicyclic) bond motifs is 4. The molecule has 2 heterocycles. The third kappa shape index (κ3) is 4.44. The van der Waals surface area contributed by atoms with Gasteiger partial charge in [0.05, 0.1) is 41.7 Å². The molecule has 0 spiro atoms. The Morgan fingerprint density at radius 3 is 2.26 bits per heavy atom. The fraction of sp³-hybridized carbons (Fsp3) is 0.250. The number of aromatic hydroxyl groups is 1. The summed E-state index contributed by atoms with van der Waals surface area (Å²) in [7, 11) is 1.45. The summed E-state index contributed by atoms with van der Waals surface area (Å²) in [6, 6.07) is 26.0. The number of hydrogen-bond donors (Lipinski definition) is 1. The van der Waals surface area contributed by atoms with Gasteiger partial charge in [0.1, 0.15) is 0 Å². The van der Waals surface area contributed by atoms with E-state index in [4.69, 9.17) is 27.9 Å². The monoisotopic (exact) mass is 706 g/mol. The number of benzene rings is 4. The van der Waals surface area contributed by atoms with Gasteiger partial charge in [-0.1, -0.05) is 89.4 Å². The average Bonchev–Trinajstić information content (AvgIpc) is 3.51. The van der Waals surface area contributed by atoms with Gasteiger partial charge in [-0.15, -0.1) is 0 Å². The average molecular weight is 708 g/mol. The van der Waals surface area contributed by atoms with E-state index in [9.17, 15) is 19.5 Å². The minimum absolute atomic E-state index is 0.131. The molecule has 4 aromatic rings. The molecular formula is C40H32Cl2N2O6. The molecule has 6 atom stereocenters. The summed E-state index contributed by atoms with van der Waals surface area (Å²) in [5, 5.41) is 12.6. The lowest BCUT2D eigenvalue weighted by atomic mass is 9.49. The number of ether oxygens (including phenoxy) is 1. The minimum Gasteiger partial charge on any atom is -0.504 e. The van der Waals surface area contributed by atoms with Crippen LogP contribution in [0.15, 0.2) is 103 Å². The SMILES string of the molecule is COc1cccc([C@H]2C3=CC[C@@H]4C(=O)N(c5ccc(C)c(Cl)c5)C(=O)[C@@H]4[C@@H]3C[C@H]3C(=O)N(c4cccc(Cl)c4)C(=O)[C@@]23c2ccccc2)c1O. The van der Waals surface area contributed by atoms with E-state index < -0.39 is 46.8 Å². The fourth-order valence-corrected chi connectivity index (χ4v) is 9.36. The van der Waals surface area contributed by atoms with Gasteiger partial charge in [0, 0.05) is 21.5 Å². The summed E-state index contributed by atoms with van der Waals surface area (Å²) >= 11 is 12.8. The van der Waals surface area contributed by atoms with E-state index in [1.54, 1.807) is 60.7 Å². The van der Waals surface area contributed by atoms with Crippen molar-refractivity contribution in [3.8, 4) is 11.5 Å². The van der Waals surface area contributed by atoms with Crippen LogP contribution in [0.5, 0.6) is 11.5 Å². The van der Waals surface area contributed by atoms with Gasteiger partial charge in [0.2, 0.25) is 23.6 Å². The molecule has 10 heteroatoms. The summed E-state index contributed by atoms with van der Waals surface area (Å²) in [6.45, 7) is 1.84. The number of halogens is 2. The third-order valence-corrected chi connectivity index (χ3v) is 11.8. The highest BCUT2D eigenvalue weighted by Gasteiger charge is 2.70. The van der Waals surface area contributed by atoms with Gasteiger partial charge in [-0.3, -0.25) is 19.2 Å². The molecule has 1 saturated carbocycles. The van der Waals surface area contributed by atoms with Crippen LogP contribution in [0, 0.1) is 30.6 Å². The topological polar surface area (TPSA) is 104 Å². The normalized spacial score (nSPS) is 27.2. The Morgan fingerprint density at radius 2 is 1.54 bits per heavy atom. The van der Waals surface area contributed by atoms with E-state index >= 15 is 4.79 Å². The van der Waals surface area contributed by atoms with Crippen LogP contribution in [0.2, 0.25) is 10.0 Å². The Kier molecular flexibility index (Phi) is 7.66. The van der Waals surface area contributed by atoms with Crippen LogP contribution in [0.1, 0.15) is 35.4 Å². The lowest BCUT2D eigenvalue weighted by molar-refractivity contribution is -0.127. The van der Waals surface area contributed by atoms with E-state index in [2.05, 4.69) is 0 Å². The summed E-state index contributed by atoms with van der Waals surface area (Å²) in [6.07, 6.45) is 2.33. The van der Waals surface area contributed by atoms with Crippen molar-refractivity contribution >= 4 is 58.2 Å². The molecule has 2 aliphatic carbocycles. The molecule has 2 aliphatic heterocycles. The van der Waals surface area contributed by atoms with Gasteiger partial charge >= 0.3 is 0 Å². The van der Waals surface area contributed by atoms with E-state index in [0.29, 0.717) is 32.5 Å². The van der Waals surface area contributed by atoms with Crippen molar-refractivity contribution < 1.29 is 29.0 Å². The molecule has 1 N–H and O–H groups in total. The maximum atomic E-state index is 15.3. The second kappa shape index (κ2) is 11.9. The highest BCUT2D eigenvalue weighted by atomic mass is 35.5. The maximum absolute atomic E-state index is 15.3. The Morgan fingerprint density at radius 1 is 0.800 bits per heavy atom. The van der Waals surface area contributed by atoms with Crippen LogP contribution >= 0.6 is 23.2 Å². The third-order valence-electron chi connectivity index (χ3n) is 11.1. The van der Waals surface area contributed by atoms with Crippen molar-refractivity contribution in [2.45, 2.75) is 31.1 Å². The molecule has 2 saturated heterocycles. The molecule has 4 amide bonds. The zero-order chi connectivity index (χ0) is 35.1. The number of nitrogens with zero attached hydrogens (tertiary/aromatic N) is 2. The van der Waals surface area contributed by atoms with Gasteiger partial charge in [-0.25, -0.2) is 9.80 Å². The number of phenolic OH excluding ortho intramolecular Hbond substituents is 1. The number of amides is 4. The van der Waals surface area contributed by atoms with E-state index in [1.165, 1.54) is 16.9 Å². The Hall–Kier alpha value is -4.92. The van der Waals surface area contributed by atoms with Crippen LogP contribution in [0.25, 0.3) is 0 Å². The van der Waals surface area contributed by atoms with Crippen LogP contribution in [-0.2, 0) is 24.6 Å². The molecule has 50 heavy (non-hydrogen) atoms. The number of imide groups is 2. The Balaban J connectivity index is 1.36. The van der Waals surface area contributed by atoms with E-state index in [0.717, 1.165) is 11.1 Å². The van der Waals surface area contributed by atoms with Gasteiger partial charge in [-0.05, 0) is 73.2 Å². The molecule has 252 valence electrons. The number of allylic oxidation sites excluding steroid dienone is 2. The molecule has 8 rings (SSSR count). The number of aryl methyl sites for hydroxylation is 1. The molecule has 8 nitrogen and oxygen atoms in total. The number of phenols is 1. The van der Waals surface area contributed by atoms with Crippen molar-refractivity contribution in [2.24, 2.45) is 23.7 Å². The van der Waals surface area contributed by atoms with Crippen molar-refractivity contribution in [3.05, 3.63) is 129 Å². The first-order valence-electron chi connectivity index (χ1n) is 16.5. The number of anilines is 2. The first-order chi connectivity index (χ1) is 24.1. The smallest absolute Gasteiger partial charge is 0.246 e. The number of methoxy groups -OCH3 is 1. The standard InChI is InChI=1S/C40H32Cl2N2O6/c1-21-14-15-25(19-31(21)42)43-36(46)27-17-16-26-29(33(27)38(43)48)20-30-37(47)44(24-11-6-10-23(41)18-24)39(49)40(30,22-8-4-3-5-9-22)34(26)28-12-7-13-32(50-2)35(28)45/h3-16,18-19,27,29-30,33-34,45H,17,20H2,1-2H3/t27-,29+,30-,33-,34+,40+/m0/s1. The van der Waals surface area contributed by atoms with E-state index in [1.807, 2.05) is 43.3 Å². The minimum atomic E-state index is -1.52. The van der Waals surface area contributed by atoms with Crippen LogP contribution < -0.4 is 14.5 Å². The number of hydrogen-bond acceptors (Lipinski definition) is 6. The molecule has 4 aromatic carbocycles. The van der Waals surface area contributed by atoms with Gasteiger partial charge in [-0.2, -0.15) is 0 Å². The quantitative estimate of drug-likeness (QED) is 0.172. The predicted molar refractivity (Wildman–Crippen MR) is 189 cm³/mol. The summed E-state index contributed by atoms with van der Waals surface area (Å²) in [4.78, 5) is 61.2. The second-order valence-electron chi connectivity index (χ2n) is 13.4. The highest BCUT2D eigenvalue weighted by molar-refractivity contribution is 6.33. The number of para-hydroxylation sites is 1. The van der Waals surface area contributed by atoms with Crippen molar-refractivity contribution in [1.29, 1.82) is 0 Å². The van der Waals surface area contributed by atoms with Gasteiger partial charge in [0.15, 0.2) is 11.5 Å². The number of carbonyl (C=O) groups is 4. The number of carbonyl (C=O) groups excluding carboxylic acids is 4. The van der Waals surface area contributed by atoms with Crippen molar-refractivity contribution in [1.82, 2.24) is 0 Å². The highest BCUT2D eigenvalue weighted by Crippen LogP contribution is 2.65. The van der Waals surface area contributed by atoms with Gasteiger partial charge < -0.3 is 9.84 Å². The van der Waals surface area contributed by atoms with E-state index in [-0.39, 0.29) is 36.2 Å². The first kappa shape index (κ1) is 32.3. The molecule has 0 aromatic heterocycles. The van der Waals surface area contributed by atoms with Crippen molar-refractivity contribution in [2.75, 3.05) is 16.9 Å². The Bertz CT molecular complexity index is 2150. The molecule has 0 bridgehead atoms. The van der Waals surface area contributed by atoms with Crippen LogP contribution in [0.4, 0.5) is 11.4 Å². The first-order valence-corrected chi connectivity index (χ1v) is 17.2. The van der Waals surface area contributed by atoms with Crippen LogP contribution in [0.3, 0.4) is 0 Å². The Labute approximate surface area is 298 Å². The summed E-state index contributed by atoms with van der Waals surface area (Å²) in [5.41, 5.74) is 1.74. The van der Waals surface area contributed by atoms with Gasteiger partial charge in [0.25, 0.3) is 0 Å². The maximum Gasteiger partial charge on any atom is 0.246 e. The lowest BCUT2D eigenvalue weighted by Gasteiger charge is -2.50. The summed E-state index contributed by atoms with van der Waals surface area (Å²) < 4.78 is 5.53. The lowest BCUT2D eigenvalue weighted by Crippen LogP contribution is -2.53.